The Balaban J connectivity index is 1.54. The summed E-state index contributed by atoms with van der Waals surface area (Å²) < 4.78 is 22.0. The standard InChI is InChI=1S/C22H34N2O6/c1-27-11-4-3-9-24-10-8-16(18(25)15-24)14-23-22(26)17-6-7-19(28-2)21-20(17)29-12-5-13-30-21/h6-7,16,18,25H,3-5,8-15H2,1-2H3,(H,23,26). The van der Waals surface area contributed by atoms with Gasteiger partial charge in [0.1, 0.15) is 0 Å². The van der Waals surface area contributed by atoms with Gasteiger partial charge in [0.15, 0.2) is 11.5 Å². The Hall–Kier alpha value is -2.03. The first-order valence-corrected chi connectivity index (χ1v) is 10.8. The highest BCUT2D eigenvalue weighted by molar-refractivity contribution is 5.98. The van der Waals surface area contributed by atoms with Crippen LogP contribution in [0.1, 0.15) is 36.0 Å². The molecule has 0 bridgehead atoms. The summed E-state index contributed by atoms with van der Waals surface area (Å²) in [7, 11) is 3.28. The van der Waals surface area contributed by atoms with E-state index in [2.05, 4.69) is 10.2 Å². The normalized spacial score (nSPS) is 21.7. The first-order chi connectivity index (χ1) is 14.6. The molecule has 2 N–H and O–H groups in total. The van der Waals surface area contributed by atoms with Gasteiger partial charge in [-0.25, -0.2) is 0 Å². The zero-order valence-corrected chi connectivity index (χ0v) is 18.0. The Labute approximate surface area is 178 Å². The van der Waals surface area contributed by atoms with E-state index in [9.17, 15) is 9.90 Å². The third kappa shape index (κ3) is 5.77. The Morgan fingerprint density at radius 3 is 2.77 bits per heavy atom. The molecule has 2 aliphatic rings. The van der Waals surface area contributed by atoms with Gasteiger partial charge in [-0.05, 0) is 44.5 Å². The molecule has 8 nitrogen and oxygen atoms in total. The first-order valence-electron chi connectivity index (χ1n) is 10.8. The predicted molar refractivity (Wildman–Crippen MR) is 113 cm³/mol. The summed E-state index contributed by atoms with van der Waals surface area (Å²) in [5, 5.41) is 13.5. The second-order valence-corrected chi connectivity index (χ2v) is 7.85. The van der Waals surface area contributed by atoms with Crippen LogP contribution in [0, 0.1) is 5.92 Å². The van der Waals surface area contributed by atoms with Gasteiger partial charge in [-0.2, -0.15) is 0 Å². The number of nitrogens with zero attached hydrogens (tertiary/aromatic N) is 1. The molecule has 0 aromatic heterocycles. The van der Waals surface area contributed by atoms with Gasteiger partial charge in [-0.3, -0.25) is 4.79 Å². The molecule has 30 heavy (non-hydrogen) atoms. The lowest BCUT2D eigenvalue weighted by atomic mass is 9.93. The van der Waals surface area contributed by atoms with Crippen molar-refractivity contribution < 1.29 is 28.8 Å². The first kappa shape index (κ1) is 22.7. The lowest BCUT2D eigenvalue weighted by Crippen LogP contribution is -2.47. The minimum atomic E-state index is -0.450. The van der Waals surface area contributed by atoms with Crippen molar-refractivity contribution in [2.45, 2.75) is 31.8 Å². The Morgan fingerprint density at radius 1 is 1.23 bits per heavy atom. The summed E-state index contributed by atoms with van der Waals surface area (Å²) in [5.41, 5.74) is 0.428. The van der Waals surface area contributed by atoms with Crippen molar-refractivity contribution in [1.29, 1.82) is 0 Å². The lowest BCUT2D eigenvalue weighted by molar-refractivity contribution is 0.0209. The fourth-order valence-electron chi connectivity index (χ4n) is 3.96. The second-order valence-electron chi connectivity index (χ2n) is 7.85. The van der Waals surface area contributed by atoms with E-state index in [4.69, 9.17) is 18.9 Å². The van der Waals surface area contributed by atoms with Crippen LogP contribution in [0.5, 0.6) is 17.2 Å². The van der Waals surface area contributed by atoms with Crippen LogP contribution in [0.3, 0.4) is 0 Å². The average molecular weight is 423 g/mol. The van der Waals surface area contributed by atoms with Crippen molar-refractivity contribution in [3.8, 4) is 17.2 Å². The molecular weight excluding hydrogens is 388 g/mol. The number of aliphatic hydroxyl groups excluding tert-OH is 1. The Morgan fingerprint density at radius 2 is 2.03 bits per heavy atom. The number of likely N-dealkylation sites (tertiary alicyclic amines) is 1. The molecule has 2 aliphatic heterocycles. The molecule has 1 amide bonds. The number of unbranched alkanes of at least 4 members (excludes halogenated alkanes) is 1. The van der Waals surface area contributed by atoms with Crippen molar-refractivity contribution in [3.63, 3.8) is 0 Å². The van der Waals surface area contributed by atoms with Crippen LogP contribution >= 0.6 is 0 Å². The molecule has 0 radical (unpaired) electrons. The van der Waals surface area contributed by atoms with Gasteiger partial charge >= 0.3 is 0 Å². The number of amides is 1. The van der Waals surface area contributed by atoms with Crippen LogP contribution in [0.4, 0.5) is 0 Å². The topological polar surface area (TPSA) is 89.5 Å². The quantitative estimate of drug-likeness (QED) is 0.586. The number of hydrogen-bond acceptors (Lipinski definition) is 7. The number of piperidine rings is 1. The SMILES string of the molecule is COCCCCN1CCC(CNC(=O)c2ccc(OC)c3c2OCCCO3)C(O)C1. The van der Waals surface area contributed by atoms with E-state index in [1.807, 2.05) is 0 Å². The molecule has 3 rings (SSSR count). The lowest BCUT2D eigenvalue weighted by Gasteiger charge is -2.36. The number of rotatable bonds is 9. The number of carbonyl (C=O) groups is 1. The van der Waals surface area contributed by atoms with Gasteiger partial charge in [0, 0.05) is 39.1 Å². The molecule has 2 atom stereocenters. The van der Waals surface area contributed by atoms with Crippen LogP contribution < -0.4 is 19.5 Å². The number of ether oxygens (including phenoxy) is 4. The van der Waals surface area contributed by atoms with Crippen molar-refractivity contribution in [2.24, 2.45) is 5.92 Å². The highest BCUT2D eigenvalue weighted by Gasteiger charge is 2.29. The third-order valence-electron chi connectivity index (χ3n) is 5.73. The molecule has 1 aromatic carbocycles. The summed E-state index contributed by atoms with van der Waals surface area (Å²) in [6.45, 7) is 4.75. The smallest absolute Gasteiger partial charge is 0.255 e. The number of hydrogen-bond donors (Lipinski definition) is 2. The van der Waals surface area contributed by atoms with E-state index in [1.165, 1.54) is 0 Å². The van der Waals surface area contributed by atoms with Gasteiger partial charge in [-0.15, -0.1) is 0 Å². The molecule has 2 heterocycles. The van der Waals surface area contributed by atoms with E-state index in [0.29, 0.717) is 49.1 Å². The minimum absolute atomic E-state index is 0.0400. The van der Waals surface area contributed by atoms with E-state index in [-0.39, 0.29) is 11.8 Å². The summed E-state index contributed by atoms with van der Waals surface area (Å²) in [6, 6.07) is 3.42. The predicted octanol–water partition coefficient (Wildman–Crippen LogP) is 1.70. The van der Waals surface area contributed by atoms with Crippen molar-refractivity contribution in [3.05, 3.63) is 17.7 Å². The van der Waals surface area contributed by atoms with Crippen molar-refractivity contribution >= 4 is 5.91 Å². The van der Waals surface area contributed by atoms with Gasteiger partial charge in [0.25, 0.3) is 5.91 Å². The molecule has 1 aromatic rings. The zero-order chi connectivity index (χ0) is 21.3. The summed E-state index contributed by atoms with van der Waals surface area (Å²) in [4.78, 5) is 15.1. The van der Waals surface area contributed by atoms with E-state index in [0.717, 1.165) is 45.4 Å². The number of β-amino-alcohol motifs (C(OH)–C–C–N with tert-alkyl or cyclic N) is 1. The van der Waals surface area contributed by atoms with Gasteiger partial charge in [0.2, 0.25) is 5.75 Å². The number of methoxy groups -OCH3 is 2. The fourth-order valence-corrected chi connectivity index (χ4v) is 3.96. The fraction of sp³-hybridized carbons (Fsp3) is 0.682. The van der Waals surface area contributed by atoms with Gasteiger partial charge < -0.3 is 34.3 Å². The molecule has 1 saturated heterocycles. The maximum atomic E-state index is 12.9. The van der Waals surface area contributed by atoms with Crippen LogP contribution in [0.15, 0.2) is 12.1 Å². The Kier molecular flexibility index (Phi) is 8.60. The molecule has 0 aliphatic carbocycles. The summed E-state index contributed by atoms with van der Waals surface area (Å²) in [5.74, 6) is 1.27. The Bertz CT molecular complexity index is 698. The van der Waals surface area contributed by atoms with E-state index >= 15 is 0 Å². The average Bonchev–Trinajstić information content (AvgIpc) is 3.01. The minimum Gasteiger partial charge on any atom is -0.493 e. The molecule has 2 unspecified atom stereocenters. The number of nitrogens with one attached hydrogen (secondary N) is 1. The molecule has 0 spiro atoms. The van der Waals surface area contributed by atoms with Gasteiger partial charge in [-0.1, -0.05) is 0 Å². The molecule has 0 saturated carbocycles. The largest absolute Gasteiger partial charge is 0.493 e. The highest BCUT2D eigenvalue weighted by atomic mass is 16.5. The highest BCUT2D eigenvalue weighted by Crippen LogP contribution is 2.41. The number of aliphatic hydroxyl groups is 1. The third-order valence-corrected chi connectivity index (χ3v) is 5.73. The molecule has 168 valence electrons. The van der Waals surface area contributed by atoms with Crippen LogP contribution in [0.25, 0.3) is 0 Å². The zero-order valence-electron chi connectivity index (χ0n) is 18.0. The maximum absolute atomic E-state index is 12.9. The van der Waals surface area contributed by atoms with E-state index in [1.54, 1.807) is 26.4 Å². The number of fused-ring (bicyclic) bond motifs is 1. The van der Waals surface area contributed by atoms with Gasteiger partial charge in [0.05, 0.1) is 32.0 Å². The van der Waals surface area contributed by atoms with Crippen LogP contribution in [0.2, 0.25) is 0 Å². The van der Waals surface area contributed by atoms with Crippen LogP contribution in [-0.4, -0.2) is 82.2 Å². The number of benzene rings is 1. The van der Waals surface area contributed by atoms with Crippen molar-refractivity contribution in [2.75, 3.05) is 60.2 Å². The van der Waals surface area contributed by atoms with Crippen LogP contribution in [-0.2, 0) is 4.74 Å². The van der Waals surface area contributed by atoms with E-state index < -0.39 is 6.10 Å². The second kappa shape index (κ2) is 11.4. The summed E-state index contributed by atoms with van der Waals surface area (Å²) >= 11 is 0. The number of carbonyl (C=O) groups excluding carboxylic acids is 1. The summed E-state index contributed by atoms with van der Waals surface area (Å²) in [6.07, 6.45) is 3.24. The maximum Gasteiger partial charge on any atom is 0.255 e. The monoisotopic (exact) mass is 422 g/mol. The van der Waals surface area contributed by atoms with Crippen molar-refractivity contribution in [1.82, 2.24) is 10.2 Å². The molecule has 1 fully saturated rings. The molecular formula is C22H34N2O6. The molecule has 8 heteroatoms.